The molecule has 0 aliphatic carbocycles. The number of fused-ring (bicyclic) bond motifs is 1. The number of carbonyl (C=O) groups is 1. The molecule has 26 heavy (non-hydrogen) atoms. The summed E-state index contributed by atoms with van der Waals surface area (Å²) in [5.74, 6) is 0.518. The Hall–Kier alpha value is -2.89. The van der Waals surface area contributed by atoms with Gasteiger partial charge in [-0.25, -0.2) is 9.37 Å². The number of nitrogens with one attached hydrogen (secondary N) is 1. The van der Waals surface area contributed by atoms with Gasteiger partial charge in [0.25, 0.3) is 5.91 Å². The average Bonchev–Trinajstić information content (AvgIpc) is 3.12. The number of likely N-dealkylation sites (tertiary alicyclic amines) is 1. The van der Waals surface area contributed by atoms with E-state index in [9.17, 15) is 9.18 Å². The highest BCUT2D eigenvalue weighted by atomic mass is 19.1. The van der Waals surface area contributed by atoms with Crippen LogP contribution in [0.5, 0.6) is 5.75 Å². The van der Waals surface area contributed by atoms with Crippen molar-refractivity contribution in [3.05, 3.63) is 59.7 Å². The Morgan fingerprint density at radius 1 is 1.31 bits per heavy atom. The molecular formula is C20H20FN3O2. The number of ether oxygens (including phenoxy) is 1. The minimum Gasteiger partial charge on any atom is -0.494 e. The van der Waals surface area contributed by atoms with Gasteiger partial charge in [0, 0.05) is 24.6 Å². The first kappa shape index (κ1) is 16.6. The number of para-hydroxylation sites is 2. The lowest BCUT2D eigenvalue weighted by Gasteiger charge is -2.32. The van der Waals surface area contributed by atoms with E-state index in [1.807, 2.05) is 24.3 Å². The van der Waals surface area contributed by atoms with Gasteiger partial charge in [0.2, 0.25) is 0 Å². The number of rotatable bonds is 3. The van der Waals surface area contributed by atoms with E-state index in [1.54, 1.807) is 11.0 Å². The topological polar surface area (TPSA) is 58.2 Å². The predicted octanol–water partition coefficient (Wildman–Crippen LogP) is 3.73. The molecule has 1 aromatic heterocycles. The van der Waals surface area contributed by atoms with E-state index >= 15 is 0 Å². The van der Waals surface area contributed by atoms with Crippen molar-refractivity contribution in [3.63, 3.8) is 0 Å². The maximum Gasteiger partial charge on any atom is 0.253 e. The number of carbonyl (C=O) groups excluding carboxylic acids is 1. The van der Waals surface area contributed by atoms with Crippen molar-refractivity contribution in [2.24, 2.45) is 0 Å². The lowest BCUT2D eigenvalue weighted by atomic mass is 9.96. The molecule has 1 amide bonds. The zero-order chi connectivity index (χ0) is 18.1. The second-order valence-corrected chi connectivity index (χ2v) is 6.58. The summed E-state index contributed by atoms with van der Waals surface area (Å²) in [5, 5.41) is 0. The van der Waals surface area contributed by atoms with Crippen LogP contribution >= 0.6 is 0 Å². The smallest absolute Gasteiger partial charge is 0.253 e. The Balaban J connectivity index is 1.54. The third-order valence-electron chi connectivity index (χ3n) is 4.90. The molecule has 1 N–H and O–H groups in total. The van der Waals surface area contributed by atoms with Crippen molar-refractivity contribution in [1.29, 1.82) is 0 Å². The first-order valence-corrected chi connectivity index (χ1v) is 8.73. The Kier molecular flexibility index (Phi) is 4.32. The van der Waals surface area contributed by atoms with Crippen LogP contribution in [0.4, 0.5) is 4.39 Å². The maximum absolute atomic E-state index is 13.9. The van der Waals surface area contributed by atoms with Gasteiger partial charge in [0.05, 0.1) is 18.1 Å². The number of imidazole rings is 1. The summed E-state index contributed by atoms with van der Waals surface area (Å²) in [6.45, 7) is 1.25. The van der Waals surface area contributed by atoms with Gasteiger partial charge in [-0.15, -0.1) is 0 Å². The van der Waals surface area contributed by atoms with Crippen LogP contribution in [0.1, 0.15) is 34.9 Å². The van der Waals surface area contributed by atoms with E-state index in [0.29, 0.717) is 18.7 Å². The van der Waals surface area contributed by atoms with Crippen LogP contribution < -0.4 is 4.74 Å². The predicted molar refractivity (Wildman–Crippen MR) is 96.9 cm³/mol. The molecule has 2 aromatic carbocycles. The van der Waals surface area contributed by atoms with Crippen LogP contribution in [0.25, 0.3) is 11.0 Å². The molecule has 5 nitrogen and oxygen atoms in total. The second-order valence-electron chi connectivity index (χ2n) is 6.58. The molecule has 1 atom stereocenters. The van der Waals surface area contributed by atoms with E-state index in [1.165, 1.54) is 19.2 Å². The van der Waals surface area contributed by atoms with Crippen LogP contribution in [-0.2, 0) is 0 Å². The quantitative estimate of drug-likeness (QED) is 0.780. The highest BCUT2D eigenvalue weighted by Gasteiger charge is 2.27. The lowest BCUT2D eigenvalue weighted by molar-refractivity contribution is 0.0704. The SMILES string of the molecule is COc1ccc(C(=O)N2CCCC(c3nc4ccccc4[nH]3)C2)cc1F. The number of nitrogens with zero attached hydrogens (tertiary/aromatic N) is 2. The largest absolute Gasteiger partial charge is 0.494 e. The monoisotopic (exact) mass is 353 g/mol. The zero-order valence-corrected chi connectivity index (χ0v) is 14.5. The van der Waals surface area contributed by atoms with Crippen LogP contribution in [0.3, 0.4) is 0 Å². The number of H-pyrrole nitrogens is 1. The van der Waals surface area contributed by atoms with Crippen LogP contribution in [0, 0.1) is 5.82 Å². The molecule has 0 spiro atoms. The van der Waals surface area contributed by atoms with E-state index in [2.05, 4.69) is 9.97 Å². The van der Waals surface area contributed by atoms with Gasteiger partial charge in [-0.05, 0) is 43.2 Å². The minimum atomic E-state index is -0.524. The first-order chi connectivity index (χ1) is 12.7. The summed E-state index contributed by atoms with van der Waals surface area (Å²) in [6, 6.07) is 12.2. The number of hydrogen-bond acceptors (Lipinski definition) is 3. The molecule has 1 fully saturated rings. The number of aromatic nitrogens is 2. The minimum absolute atomic E-state index is 0.139. The van der Waals surface area contributed by atoms with Crippen molar-refractivity contribution in [1.82, 2.24) is 14.9 Å². The third-order valence-corrected chi connectivity index (χ3v) is 4.90. The van der Waals surface area contributed by atoms with Gasteiger partial charge < -0.3 is 14.6 Å². The molecule has 4 rings (SSSR count). The van der Waals surface area contributed by atoms with Gasteiger partial charge >= 0.3 is 0 Å². The Morgan fingerprint density at radius 3 is 2.92 bits per heavy atom. The molecule has 0 bridgehead atoms. The molecule has 0 saturated carbocycles. The number of hydrogen-bond donors (Lipinski definition) is 1. The number of piperidine rings is 1. The van der Waals surface area contributed by atoms with Gasteiger partial charge in [0.1, 0.15) is 5.82 Å². The van der Waals surface area contributed by atoms with Crippen molar-refractivity contribution in [3.8, 4) is 5.75 Å². The van der Waals surface area contributed by atoms with Gasteiger partial charge in [-0.2, -0.15) is 0 Å². The van der Waals surface area contributed by atoms with E-state index in [0.717, 1.165) is 29.7 Å². The van der Waals surface area contributed by atoms with Crippen LogP contribution in [0.15, 0.2) is 42.5 Å². The van der Waals surface area contributed by atoms with Crippen LogP contribution in [0.2, 0.25) is 0 Å². The summed E-state index contributed by atoms with van der Waals surface area (Å²) < 4.78 is 18.8. The molecule has 1 aliphatic rings. The summed E-state index contributed by atoms with van der Waals surface area (Å²) >= 11 is 0. The molecule has 6 heteroatoms. The Labute approximate surface area is 150 Å². The molecular weight excluding hydrogens is 333 g/mol. The molecule has 134 valence electrons. The fourth-order valence-corrected chi connectivity index (χ4v) is 3.53. The van der Waals surface area contributed by atoms with Gasteiger partial charge in [0.15, 0.2) is 11.6 Å². The first-order valence-electron chi connectivity index (χ1n) is 8.73. The van der Waals surface area contributed by atoms with Crippen molar-refractivity contribution >= 4 is 16.9 Å². The zero-order valence-electron chi connectivity index (χ0n) is 14.5. The van der Waals surface area contributed by atoms with Gasteiger partial charge in [-0.1, -0.05) is 12.1 Å². The fraction of sp³-hybridized carbons (Fsp3) is 0.300. The standard InChI is InChI=1S/C20H20FN3O2/c1-26-18-9-8-13(11-15(18)21)20(25)24-10-4-5-14(12-24)19-22-16-6-2-3-7-17(16)23-19/h2-3,6-9,11,14H,4-5,10,12H2,1H3,(H,22,23). The third kappa shape index (κ3) is 3.03. The van der Waals surface area contributed by atoms with E-state index in [-0.39, 0.29) is 17.6 Å². The molecule has 2 heterocycles. The number of halogens is 1. The molecule has 0 radical (unpaired) electrons. The Morgan fingerprint density at radius 2 is 2.15 bits per heavy atom. The molecule has 1 aliphatic heterocycles. The Bertz CT molecular complexity index is 920. The van der Waals surface area contributed by atoms with Crippen molar-refractivity contribution in [2.75, 3.05) is 20.2 Å². The molecule has 1 saturated heterocycles. The normalized spacial score (nSPS) is 17.5. The average molecular weight is 353 g/mol. The maximum atomic E-state index is 13.9. The number of methoxy groups -OCH3 is 1. The number of benzene rings is 2. The highest BCUT2D eigenvalue weighted by molar-refractivity contribution is 5.94. The molecule has 1 unspecified atom stereocenters. The number of aromatic amines is 1. The second kappa shape index (κ2) is 6.78. The summed E-state index contributed by atoms with van der Waals surface area (Å²) in [6.07, 6.45) is 1.87. The summed E-state index contributed by atoms with van der Waals surface area (Å²) in [7, 11) is 1.41. The number of amides is 1. The fourth-order valence-electron chi connectivity index (χ4n) is 3.53. The van der Waals surface area contributed by atoms with Crippen LogP contribution in [-0.4, -0.2) is 41.0 Å². The molecule has 3 aromatic rings. The van der Waals surface area contributed by atoms with Crippen molar-refractivity contribution < 1.29 is 13.9 Å². The summed E-state index contributed by atoms with van der Waals surface area (Å²) in [4.78, 5) is 22.6. The van der Waals surface area contributed by atoms with Crippen molar-refractivity contribution in [2.45, 2.75) is 18.8 Å². The van der Waals surface area contributed by atoms with E-state index in [4.69, 9.17) is 4.74 Å². The lowest BCUT2D eigenvalue weighted by Crippen LogP contribution is -2.39. The highest BCUT2D eigenvalue weighted by Crippen LogP contribution is 2.28. The van der Waals surface area contributed by atoms with Gasteiger partial charge in [-0.3, -0.25) is 4.79 Å². The summed E-state index contributed by atoms with van der Waals surface area (Å²) in [5.41, 5.74) is 2.28. The van der Waals surface area contributed by atoms with E-state index < -0.39 is 5.82 Å².